The molecular weight excluding hydrogens is 341 g/mol. The molecule has 0 aromatic heterocycles. The number of nitrogens with one attached hydrogen (secondary N) is 1. The molecule has 1 heterocycles. The maximum atomic E-state index is 11.6. The minimum Gasteiger partial charge on any atom is -0.338 e. The van der Waals surface area contributed by atoms with Crippen molar-refractivity contribution in [2.24, 2.45) is 0 Å². The zero-order valence-electron chi connectivity index (χ0n) is 11.6. The molecule has 21 heavy (non-hydrogen) atoms. The number of ether oxygens (including phenoxy) is 2. The lowest BCUT2D eigenvalue weighted by atomic mass is 10.1. The van der Waals surface area contributed by atoms with Crippen LogP contribution in [0, 0.1) is 0 Å². The zero-order chi connectivity index (χ0) is 15.8. The molecule has 0 saturated carbocycles. The molecule has 6 nitrogen and oxygen atoms in total. The second kappa shape index (κ2) is 6.00. The molecule has 0 amide bonds. The third-order valence-electron chi connectivity index (χ3n) is 2.85. The highest BCUT2D eigenvalue weighted by atomic mass is 35.5. The molecule has 1 saturated heterocycles. The normalized spacial score (nSPS) is 25.2. The maximum absolute atomic E-state index is 11.6. The smallest absolute Gasteiger partial charge is 0.337 e. The minimum absolute atomic E-state index is 0.357. The van der Waals surface area contributed by atoms with Gasteiger partial charge in [0.25, 0.3) is 0 Å². The summed E-state index contributed by atoms with van der Waals surface area (Å²) in [7, 11) is -2.89. The molecule has 1 aromatic carbocycles. The van der Waals surface area contributed by atoms with Gasteiger partial charge in [-0.1, -0.05) is 29.3 Å². The average Bonchev–Trinajstić information content (AvgIpc) is 2.63. The number of halogens is 2. The van der Waals surface area contributed by atoms with Gasteiger partial charge in [-0.05, 0) is 26.0 Å². The van der Waals surface area contributed by atoms with Gasteiger partial charge in [-0.2, -0.15) is 13.1 Å². The summed E-state index contributed by atoms with van der Waals surface area (Å²) < 4.78 is 41.0. The summed E-state index contributed by atoms with van der Waals surface area (Å²) in [5, 5.41) is 0.825. The van der Waals surface area contributed by atoms with E-state index >= 15 is 0 Å². The molecular formula is C12H15Cl2NO5S. The quantitative estimate of drug-likeness (QED) is 0.898. The number of benzene rings is 1. The Bertz CT molecular complexity index is 635. The second-order valence-electron chi connectivity index (χ2n) is 4.88. The first-order valence-corrected chi connectivity index (χ1v) is 8.18. The molecule has 1 aliphatic rings. The van der Waals surface area contributed by atoms with Crippen LogP contribution in [0.3, 0.4) is 0 Å². The molecule has 9 heteroatoms. The van der Waals surface area contributed by atoms with Gasteiger partial charge >= 0.3 is 10.3 Å². The Morgan fingerprint density at radius 2 is 1.95 bits per heavy atom. The van der Waals surface area contributed by atoms with Gasteiger partial charge in [0.1, 0.15) is 6.10 Å². The second-order valence-corrected chi connectivity index (χ2v) is 7.20. The van der Waals surface area contributed by atoms with Crippen LogP contribution in [0.5, 0.6) is 0 Å². The van der Waals surface area contributed by atoms with Crippen LogP contribution in [-0.4, -0.2) is 27.5 Å². The minimum atomic E-state index is -3.94. The van der Waals surface area contributed by atoms with Crippen molar-refractivity contribution in [3.8, 4) is 0 Å². The summed E-state index contributed by atoms with van der Waals surface area (Å²) >= 11 is 12.0. The predicted octanol–water partition coefficient (Wildman–Crippen LogP) is 2.62. The summed E-state index contributed by atoms with van der Waals surface area (Å²) in [5.41, 5.74) is 0.565. The van der Waals surface area contributed by atoms with Crippen LogP contribution in [0.2, 0.25) is 10.0 Å². The lowest BCUT2D eigenvalue weighted by Crippen LogP contribution is -2.39. The molecule has 118 valence electrons. The highest BCUT2D eigenvalue weighted by molar-refractivity contribution is 7.84. The van der Waals surface area contributed by atoms with E-state index in [0.29, 0.717) is 15.6 Å². The van der Waals surface area contributed by atoms with E-state index in [-0.39, 0.29) is 0 Å². The molecule has 1 fully saturated rings. The summed E-state index contributed by atoms with van der Waals surface area (Å²) in [5.74, 6) is -0.978. The Kier molecular flexibility index (Phi) is 4.84. The van der Waals surface area contributed by atoms with Crippen molar-refractivity contribution in [3.63, 3.8) is 0 Å². The van der Waals surface area contributed by atoms with E-state index in [1.54, 1.807) is 32.0 Å². The van der Waals surface area contributed by atoms with Gasteiger partial charge in [0, 0.05) is 15.6 Å². The Balaban J connectivity index is 2.34. The largest absolute Gasteiger partial charge is 0.338 e. The van der Waals surface area contributed by atoms with Crippen LogP contribution in [0.4, 0.5) is 0 Å². The fraction of sp³-hybridized carbons (Fsp3) is 0.500. The fourth-order valence-electron chi connectivity index (χ4n) is 2.00. The Hall–Kier alpha value is -0.410. The van der Waals surface area contributed by atoms with Gasteiger partial charge in [0.05, 0.1) is 7.11 Å². The van der Waals surface area contributed by atoms with Gasteiger partial charge in [-0.25, -0.2) is 0 Å². The van der Waals surface area contributed by atoms with E-state index in [4.69, 9.17) is 32.7 Å². The van der Waals surface area contributed by atoms with Crippen LogP contribution in [-0.2, 0) is 24.0 Å². The zero-order valence-corrected chi connectivity index (χ0v) is 13.9. The first-order valence-electron chi connectivity index (χ1n) is 6.02. The summed E-state index contributed by atoms with van der Waals surface area (Å²) in [6.45, 7) is 3.34. The van der Waals surface area contributed by atoms with E-state index in [2.05, 4.69) is 8.91 Å². The molecule has 1 aliphatic heterocycles. The molecule has 1 N–H and O–H groups in total. The Morgan fingerprint density at radius 3 is 2.52 bits per heavy atom. The topological polar surface area (TPSA) is 73.9 Å². The third-order valence-corrected chi connectivity index (χ3v) is 4.37. The first-order chi connectivity index (χ1) is 9.63. The van der Waals surface area contributed by atoms with Crippen LogP contribution >= 0.6 is 23.2 Å². The predicted molar refractivity (Wildman–Crippen MR) is 78.3 cm³/mol. The van der Waals surface area contributed by atoms with Gasteiger partial charge in [-0.3, -0.25) is 4.18 Å². The third kappa shape index (κ3) is 4.07. The summed E-state index contributed by atoms with van der Waals surface area (Å²) in [6.07, 6.45) is -1.70. The van der Waals surface area contributed by atoms with E-state index in [1.165, 1.54) is 0 Å². The van der Waals surface area contributed by atoms with Crippen molar-refractivity contribution in [2.45, 2.75) is 32.0 Å². The van der Waals surface area contributed by atoms with Crippen LogP contribution in [0.15, 0.2) is 18.2 Å². The van der Waals surface area contributed by atoms with Gasteiger partial charge in [0.2, 0.25) is 0 Å². The molecule has 0 radical (unpaired) electrons. The fourth-order valence-corrected chi connectivity index (χ4v) is 3.07. The van der Waals surface area contributed by atoms with Crippen molar-refractivity contribution >= 4 is 33.5 Å². The maximum Gasteiger partial charge on any atom is 0.337 e. The highest BCUT2D eigenvalue weighted by Gasteiger charge is 2.44. The van der Waals surface area contributed by atoms with Gasteiger partial charge in [0.15, 0.2) is 12.0 Å². The first kappa shape index (κ1) is 17.0. The van der Waals surface area contributed by atoms with E-state index in [1.807, 2.05) is 0 Å². The highest BCUT2D eigenvalue weighted by Crippen LogP contribution is 2.40. The Labute approximate surface area is 133 Å². The van der Waals surface area contributed by atoms with Crippen molar-refractivity contribution in [1.29, 1.82) is 0 Å². The molecule has 2 rings (SSSR count). The van der Waals surface area contributed by atoms with Crippen LogP contribution < -0.4 is 4.72 Å². The number of hydrogen-bond acceptors (Lipinski definition) is 5. The summed E-state index contributed by atoms with van der Waals surface area (Å²) in [6, 6.07) is 4.85. The van der Waals surface area contributed by atoms with Crippen molar-refractivity contribution in [3.05, 3.63) is 33.8 Å². The van der Waals surface area contributed by atoms with Gasteiger partial charge in [-0.15, -0.1) is 0 Å². The van der Waals surface area contributed by atoms with Crippen molar-refractivity contribution < 1.29 is 22.1 Å². The van der Waals surface area contributed by atoms with Crippen molar-refractivity contribution in [2.75, 3.05) is 7.11 Å². The molecule has 0 aliphatic carbocycles. The monoisotopic (exact) mass is 355 g/mol. The van der Waals surface area contributed by atoms with E-state index < -0.39 is 28.4 Å². The van der Waals surface area contributed by atoms with Crippen molar-refractivity contribution in [1.82, 2.24) is 4.72 Å². The molecule has 2 atom stereocenters. The molecule has 0 bridgehead atoms. The van der Waals surface area contributed by atoms with Crippen LogP contribution in [0.25, 0.3) is 0 Å². The SMILES string of the molecule is COS(=O)(=O)NC1OC(C)(C)OC1c1ccc(Cl)cc1Cl. The average molecular weight is 356 g/mol. The Morgan fingerprint density at radius 1 is 1.29 bits per heavy atom. The molecule has 0 spiro atoms. The lowest BCUT2D eigenvalue weighted by Gasteiger charge is -2.18. The van der Waals surface area contributed by atoms with Crippen LogP contribution in [0.1, 0.15) is 25.5 Å². The van der Waals surface area contributed by atoms with Gasteiger partial charge < -0.3 is 9.47 Å². The van der Waals surface area contributed by atoms with E-state index in [0.717, 1.165) is 7.11 Å². The molecule has 1 aromatic rings. The number of rotatable bonds is 4. The van der Waals surface area contributed by atoms with E-state index in [9.17, 15) is 8.42 Å². The standard InChI is InChI=1S/C12H15Cl2NO5S/c1-12(2)19-10(8-5-4-7(13)6-9(8)14)11(20-12)15-21(16,17)18-3/h4-6,10-11,15H,1-3H3. The lowest BCUT2D eigenvalue weighted by molar-refractivity contribution is -0.147. The number of hydrogen-bond donors (Lipinski definition) is 1. The summed E-state index contributed by atoms with van der Waals surface area (Å²) in [4.78, 5) is 0. The molecule has 2 unspecified atom stereocenters.